The number of anilines is 1. The molecule has 33 heavy (non-hydrogen) atoms. The van der Waals surface area contributed by atoms with Gasteiger partial charge in [-0.25, -0.2) is 14.4 Å². The molecule has 1 aromatic carbocycles. The Morgan fingerprint density at radius 1 is 1.09 bits per heavy atom. The highest BCUT2D eigenvalue weighted by Gasteiger charge is 2.29. The lowest BCUT2D eigenvalue weighted by Gasteiger charge is -2.36. The summed E-state index contributed by atoms with van der Waals surface area (Å²) < 4.78 is 13.0. The van der Waals surface area contributed by atoms with Crippen molar-refractivity contribution in [2.24, 2.45) is 5.92 Å². The molecule has 1 saturated carbocycles. The average Bonchev–Trinajstić information content (AvgIpc) is 3.37. The van der Waals surface area contributed by atoms with Crippen molar-refractivity contribution in [3.05, 3.63) is 46.9 Å². The zero-order chi connectivity index (χ0) is 23.2. The number of benzene rings is 1. The van der Waals surface area contributed by atoms with Crippen molar-refractivity contribution < 1.29 is 14.0 Å². The highest BCUT2D eigenvalue weighted by Crippen LogP contribution is 2.28. The second-order valence-corrected chi connectivity index (χ2v) is 9.65. The monoisotopic (exact) mass is 491 g/mol. The lowest BCUT2D eigenvalue weighted by Crippen LogP contribution is -2.50. The quantitative estimate of drug-likeness (QED) is 0.363. The largest absolute Gasteiger partial charge is 0.353 e. The van der Waals surface area contributed by atoms with Crippen LogP contribution in [0.2, 0.25) is 5.15 Å². The standard InChI is InChI=1S/C23H27ClFN5O2S/c24-19-13-20(29-9-11-30(12-10-29)22(32)17-3-1-2-4-17)28-23(27-19)33-15-21(31)26-14-16-5-7-18(25)8-6-16/h5-8,13,17H,1-4,9-12,14-15H2,(H,26,31). The minimum Gasteiger partial charge on any atom is -0.353 e. The topological polar surface area (TPSA) is 78.4 Å². The zero-order valence-corrected chi connectivity index (χ0v) is 19.9. The number of thioether (sulfide) groups is 1. The summed E-state index contributed by atoms with van der Waals surface area (Å²) in [6, 6.07) is 7.71. The van der Waals surface area contributed by atoms with Crippen LogP contribution in [0.1, 0.15) is 31.2 Å². The molecule has 4 rings (SSSR count). The van der Waals surface area contributed by atoms with E-state index in [9.17, 15) is 14.0 Å². The number of amides is 2. The fourth-order valence-electron chi connectivity index (χ4n) is 4.18. The highest BCUT2D eigenvalue weighted by atomic mass is 35.5. The predicted molar refractivity (Wildman–Crippen MR) is 127 cm³/mol. The molecule has 2 heterocycles. The molecule has 10 heteroatoms. The van der Waals surface area contributed by atoms with Crippen LogP contribution in [-0.2, 0) is 16.1 Å². The first-order valence-electron chi connectivity index (χ1n) is 11.2. The fraction of sp³-hybridized carbons (Fsp3) is 0.478. The molecule has 2 fully saturated rings. The van der Waals surface area contributed by atoms with E-state index in [1.807, 2.05) is 4.90 Å². The van der Waals surface area contributed by atoms with Gasteiger partial charge in [-0.05, 0) is 30.5 Å². The van der Waals surface area contributed by atoms with Gasteiger partial charge in [-0.3, -0.25) is 9.59 Å². The van der Waals surface area contributed by atoms with Gasteiger partial charge in [0.05, 0.1) is 5.75 Å². The number of rotatable bonds is 7. The maximum absolute atomic E-state index is 13.0. The van der Waals surface area contributed by atoms with E-state index < -0.39 is 0 Å². The van der Waals surface area contributed by atoms with E-state index in [2.05, 4.69) is 20.2 Å². The molecule has 2 amide bonds. The maximum Gasteiger partial charge on any atom is 0.230 e. The van der Waals surface area contributed by atoms with Crippen LogP contribution in [0.15, 0.2) is 35.5 Å². The van der Waals surface area contributed by atoms with E-state index >= 15 is 0 Å². The number of carbonyl (C=O) groups excluding carboxylic acids is 2. The lowest BCUT2D eigenvalue weighted by atomic mass is 10.1. The van der Waals surface area contributed by atoms with E-state index in [-0.39, 0.29) is 29.3 Å². The Morgan fingerprint density at radius 2 is 1.79 bits per heavy atom. The number of halogens is 2. The Hall–Kier alpha value is -2.39. The summed E-state index contributed by atoms with van der Waals surface area (Å²) in [5, 5.41) is 3.55. The third-order valence-corrected chi connectivity index (χ3v) is 7.06. The predicted octanol–water partition coefficient (Wildman–Crippen LogP) is 3.52. The van der Waals surface area contributed by atoms with Crippen LogP contribution < -0.4 is 10.2 Å². The van der Waals surface area contributed by atoms with Gasteiger partial charge in [-0.1, -0.05) is 48.3 Å². The van der Waals surface area contributed by atoms with E-state index in [1.165, 1.54) is 23.9 Å². The summed E-state index contributed by atoms with van der Waals surface area (Å²) in [5.74, 6) is 0.852. The van der Waals surface area contributed by atoms with Gasteiger partial charge in [0.1, 0.15) is 16.8 Å². The molecular formula is C23H27ClFN5O2S. The normalized spacial score (nSPS) is 16.8. The molecule has 0 atom stereocenters. The number of hydrogen-bond donors (Lipinski definition) is 1. The Bertz CT molecular complexity index is 979. The molecule has 0 unspecified atom stereocenters. The summed E-state index contributed by atoms with van der Waals surface area (Å²) in [4.78, 5) is 37.7. The molecule has 7 nitrogen and oxygen atoms in total. The molecule has 1 N–H and O–H groups in total. The third kappa shape index (κ3) is 6.57. The third-order valence-electron chi connectivity index (χ3n) is 6.02. The fourth-order valence-corrected chi connectivity index (χ4v) is 5.09. The van der Waals surface area contributed by atoms with Crippen LogP contribution in [0.3, 0.4) is 0 Å². The van der Waals surface area contributed by atoms with Crippen molar-refractivity contribution >= 4 is 41.0 Å². The molecular weight excluding hydrogens is 465 g/mol. The molecule has 0 spiro atoms. The van der Waals surface area contributed by atoms with Gasteiger partial charge in [-0.2, -0.15) is 0 Å². The van der Waals surface area contributed by atoms with E-state index in [0.29, 0.717) is 48.9 Å². The van der Waals surface area contributed by atoms with E-state index in [0.717, 1.165) is 31.2 Å². The number of nitrogens with one attached hydrogen (secondary N) is 1. The average molecular weight is 492 g/mol. The van der Waals surface area contributed by atoms with Gasteiger partial charge < -0.3 is 15.1 Å². The lowest BCUT2D eigenvalue weighted by molar-refractivity contribution is -0.135. The second-order valence-electron chi connectivity index (χ2n) is 8.32. The van der Waals surface area contributed by atoms with E-state index in [4.69, 9.17) is 11.6 Å². The Morgan fingerprint density at radius 3 is 2.48 bits per heavy atom. The zero-order valence-electron chi connectivity index (χ0n) is 18.3. The molecule has 1 aliphatic carbocycles. The number of carbonyl (C=O) groups is 2. The van der Waals surface area contributed by atoms with Crippen molar-refractivity contribution in [2.75, 3.05) is 36.8 Å². The molecule has 0 bridgehead atoms. The van der Waals surface area contributed by atoms with Crippen molar-refractivity contribution in [3.8, 4) is 0 Å². The van der Waals surface area contributed by atoms with Gasteiger partial charge in [-0.15, -0.1) is 0 Å². The van der Waals surface area contributed by atoms with Gasteiger partial charge in [0.25, 0.3) is 0 Å². The first-order chi connectivity index (χ1) is 16.0. The molecule has 2 aromatic rings. The maximum atomic E-state index is 13.0. The second kappa shape index (κ2) is 11.2. The SMILES string of the molecule is O=C(CSc1nc(Cl)cc(N2CCN(C(=O)C3CCCC3)CC2)n1)NCc1ccc(F)cc1. The van der Waals surface area contributed by atoms with Crippen molar-refractivity contribution in [3.63, 3.8) is 0 Å². The van der Waals surface area contributed by atoms with E-state index in [1.54, 1.807) is 18.2 Å². The Balaban J connectivity index is 1.27. The first kappa shape index (κ1) is 23.8. The Kier molecular flexibility index (Phi) is 8.03. The van der Waals surface area contributed by atoms with Crippen molar-refractivity contribution in [2.45, 2.75) is 37.4 Å². The van der Waals surface area contributed by atoms with Crippen LogP contribution in [0, 0.1) is 11.7 Å². The molecule has 1 aliphatic heterocycles. The number of hydrogen-bond acceptors (Lipinski definition) is 6. The van der Waals surface area contributed by atoms with Crippen molar-refractivity contribution in [1.29, 1.82) is 0 Å². The van der Waals surface area contributed by atoms with Crippen LogP contribution in [0.4, 0.5) is 10.2 Å². The summed E-state index contributed by atoms with van der Waals surface area (Å²) in [6.07, 6.45) is 4.33. The Labute approximate surface area is 202 Å². The van der Waals surface area contributed by atoms with Gasteiger partial charge in [0.15, 0.2) is 5.16 Å². The summed E-state index contributed by atoms with van der Waals surface area (Å²) in [5.41, 5.74) is 0.821. The highest BCUT2D eigenvalue weighted by molar-refractivity contribution is 7.99. The summed E-state index contributed by atoms with van der Waals surface area (Å²) >= 11 is 7.43. The smallest absolute Gasteiger partial charge is 0.230 e. The minimum atomic E-state index is -0.309. The minimum absolute atomic E-state index is 0.143. The van der Waals surface area contributed by atoms with Gasteiger partial charge in [0.2, 0.25) is 11.8 Å². The van der Waals surface area contributed by atoms with Gasteiger partial charge in [0, 0.05) is 44.7 Å². The van der Waals surface area contributed by atoms with Crippen molar-refractivity contribution in [1.82, 2.24) is 20.2 Å². The summed E-state index contributed by atoms with van der Waals surface area (Å²) in [7, 11) is 0. The number of piperazine rings is 1. The van der Waals surface area contributed by atoms with Crippen LogP contribution >= 0.6 is 23.4 Å². The molecule has 176 valence electrons. The first-order valence-corrected chi connectivity index (χ1v) is 12.6. The van der Waals surface area contributed by atoms with Gasteiger partial charge >= 0.3 is 0 Å². The summed E-state index contributed by atoms with van der Waals surface area (Å²) in [6.45, 7) is 3.05. The molecule has 1 saturated heterocycles. The number of aromatic nitrogens is 2. The number of nitrogens with zero attached hydrogens (tertiary/aromatic N) is 4. The molecule has 2 aliphatic rings. The molecule has 0 radical (unpaired) electrons. The van der Waals surface area contributed by atoms with Crippen LogP contribution in [-0.4, -0.2) is 58.6 Å². The molecule has 1 aromatic heterocycles. The van der Waals surface area contributed by atoms with Crippen LogP contribution in [0.25, 0.3) is 0 Å². The van der Waals surface area contributed by atoms with Crippen LogP contribution in [0.5, 0.6) is 0 Å².